The highest BCUT2D eigenvalue weighted by Crippen LogP contribution is 2.35. The maximum Gasteiger partial charge on any atom is 0.347 e. The van der Waals surface area contributed by atoms with Gasteiger partial charge < -0.3 is 9.52 Å². The van der Waals surface area contributed by atoms with E-state index in [1.807, 2.05) is 58.9 Å². The number of hydrogen-bond donors (Lipinski definition) is 1. The molecule has 0 aliphatic carbocycles. The zero-order valence-corrected chi connectivity index (χ0v) is 19.6. The average molecular weight is 439 g/mol. The first-order chi connectivity index (χ1) is 14.7. The fourth-order valence-electron chi connectivity index (χ4n) is 3.89. The predicted octanol–water partition coefficient (Wildman–Crippen LogP) is 5.67. The summed E-state index contributed by atoms with van der Waals surface area (Å²) < 4.78 is 18.4. The minimum absolute atomic E-state index is 0.0903. The summed E-state index contributed by atoms with van der Waals surface area (Å²) in [6.45, 7) is 9.93. The van der Waals surface area contributed by atoms with Crippen molar-refractivity contribution in [3.05, 3.63) is 80.9 Å². The normalized spacial score (nSPS) is 13.2. The third-order valence-corrected chi connectivity index (χ3v) is 7.18. The van der Waals surface area contributed by atoms with Gasteiger partial charge in [0.05, 0.1) is 10.8 Å². The van der Waals surface area contributed by atoms with Crippen molar-refractivity contribution in [2.75, 3.05) is 5.75 Å². The van der Waals surface area contributed by atoms with E-state index in [1.54, 1.807) is 0 Å². The van der Waals surface area contributed by atoms with E-state index in [0.29, 0.717) is 11.5 Å². The minimum Gasteiger partial charge on any atom is -0.507 e. The summed E-state index contributed by atoms with van der Waals surface area (Å²) in [5.74, 6) is 0.266. The quantitative estimate of drug-likeness (QED) is 0.516. The van der Waals surface area contributed by atoms with Crippen LogP contribution in [0, 0.1) is 13.8 Å². The number of rotatable bonds is 7. The summed E-state index contributed by atoms with van der Waals surface area (Å²) in [5.41, 5.74) is 4.69. The molecule has 0 aliphatic heterocycles. The molecule has 0 fully saturated rings. The molecule has 3 rings (SSSR count). The van der Waals surface area contributed by atoms with Crippen molar-refractivity contribution in [1.82, 2.24) is 0 Å². The summed E-state index contributed by atoms with van der Waals surface area (Å²) in [5, 5.41) is 10.8. The molecule has 1 N–H and O–H groups in total. The lowest BCUT2D eigenvalue weighted by Gasteiger charge is -2.17. The monoisotopic (exact) mass is 438 g/mol. The van der Waals surface area contributed by atoms with Gasteiger partial charge in [-0.25, -0.2) is 4.79 Å². The smallest absolute Gasteiger partial charge is 0.347 e. The van der Waals surface area contributed by atoms with Crippen molar-refractivity contribution in [2.45, 2.75) is 58.3 Å². The molecule has 2 unspecified atom stereocenters. The van der Waals surface area contributed by atoms with Crippen molar-refractivity contribution >= 4 is 10.8 Å². The van der Waals surface area contributed by atoms with E-state index in [-0.39, 0.29) is 17.2 Å². The zero-order valence-electron chi connectivity index (χ0n) is 18.8. The van der Waals surface area contributed by atoms with Gasteiger partial charge in [0, 0.05) is 22.6 Å². The van der Waals surface area contributed by atoms with Crippen LogP contribution in [0.4, 0.5) is 0 Å². The van der Waals surface area contributed by atoms with Crippen LogP contribution in [0.25, 0.3) is 11.1 Å². The fraction of sp³-hybridized carbons (Fsp3) is 0.346. The summed E-state index contributed by atoms with van der Waals surface area (Å²) in [6.07, 6.45) is 1.49. The molecule has 0 aliphatic rings. The Balaban J connectivity index is 1.97. The molecule has 1 aromatic heterocycles. The van der Waals surface area contributed by atoms with Crippen molar-refractivity contribution in [3.63, 3.8) is 0 Å². The van der Waals surface area contributed by atoms with Gasteiger partial charge in [-0.05, 0) is 55.5 Å². The third-order valence-electron chi connectivity index (χ3n) is 5.58. The van der Waals surface area contributed by atoms with Crippen LogP contribution < -0.4 is 5.63 Å². The number of aryl methyl sites for hydroxylation is 4. The highest BCUT2D eigenvalue weighted by atomic mass is 32.2. The second-order valence-electron chi connectivity index (χ2n) is 8.09. The van der Waals surface area contributed by atoms with Gasteiger partial charge in [0.25, 0.3) is 0 Å². The second kappa shape index (κ2) is 9.65. The van der Waals surface area contributed by atoms with Crippen LogP contribution >= 0.6 is 0 Å². The molecule has 5 heteroatoms. The first kappa shape index (κ1) is 23.0. The van der Waals surface area contributed by atoms with Crippen molar-refractivity contribution < 1.29 is 13.7 Å². The molecule has 3 aromatic rings. The largest absolute Gasteiger partial charge is 0.507 e. The molecule has 164 valence electrons. The fourth-order valence-corrected chi connectivity index (χ4v) is 5.14. The summed E-state index contributed by atoms with van der Waals surface area (Å²) in [4.78, 5) is 13.7. The molecular weight excluding hydrogens is 408 g/mol. The Hall–Kier alpha value is -2.66. The Bertz CT molecular complexity index is 1130. The van der Waals surface area contributed by atoms with Crippen molar-refractivity contribution in [3.8, 4) is 16.9 Å². The third kappa shape index (κ3) is 4.99. The summed E-state index contributed by atoms with van der Waals surface area (Å²) in [7, 11) is -1.23. The first-order valence-electron chi connectivity index (χ1n) is 10.7. The Kier molecular flexibility index (Phi) is 7.16. The molecule has 2 atom stereocenters. The van der Waals surface area contributed by atoms with E-state index in [2.05, 4.69) is 12.1 Å². The topological polar surface area (TPSA) is 67.5 Å². The maximum absolute atomic E-state index is 13.0. The zero-order chi connectivity index (χ0) is 22.7. The van der Waals surface area contributed by atoms with Gasteiger partial charge in [-0.3, -0.25) is 4.21 Å². The van der Waals surface area contributed by atoms with Gasteiger partial charge >= 0.3 is 5.63 Å². The van der Waals surface area contributed by atoms with E-state index < -0.39 is 16.4 Å². The van der Waals surface area contributed by atoms with Crippen LogP contribution in [0.1, 0.15) is 54.7 Å². The van der Waals surface area contributed by atoms with Crippen LogP contribution in [0.2, 0.25) is 0 Å². The van der Waals surface area contributed by atoms with Crippen LogP contribution in [0.15, 0.2) is 56.6 Å². The van der Waals surface area contributed by atoms with Gasteiger partial charge in [-0.2, -0.15) is 0 Å². The van der Waals surface area contributed by atoms with Gasteiger partial charge in [0.15, 0.2) is 0 Å². The second-order valence-corrected chi connectivity index (χ2v) is 9.58. The first-order valence-corrected chi connectivity index (χ1v) is 12.0. The maximum atomic E-state index is 13.0. The lowest BCUT2D eigenvalue weighted by molar-refractivity contribution is 0.415. The molecule has 31 heavy (non-hydrogen) atoms. The van der Waals surface area contributed by atoms with Crippen molar-refractivity contribution in [1.29, 1.82) is 0 Å². The molecule has 1 heterocycles. The van der Waals surface area contributed by atoms with E-state index in [1.165, 1.54) is 6.07 Å². The van der Waals surface area contributed by atoms with Gasteiger partial charge in [0.2, 0.25) is 0 Å². The molecular formula is C26H30O4S. The SMILES string of the molecule is CCc1cc(C)cc(CC)c1-c1c(O)cc(C(C)CS(=O)c2ccc(C)cc2)oc1=O. The lowest BCUT2D eigenvalue weighted by Crippen LogP contribution is -2.13. The van der Waals surface area contributed by atoms with Crippen LogP contribution in [0.3, 0.4) is 0 Å². The van der Waals surface area contributed by atoms with E-state index >= 15 is 0 Å². The van der Waals surface area contributed by atoms with Gasteiger partial charge in [-0.1, -0.05) is 56.2 Å². The van der Waals surface area contributed by atoms with E-state index in [4.69, 9.17) is 4.42 Å². The molecule has 4 nitrogen and oxygen atoms in total. The Morgan fingerprint density at radius 2 is 1.52 bits per heavy atom. The Morgan fingerprint density at radius 1 is 0.935 bits per heavy atom. The lowest BCUT2D eigenvalue weighted by atomic mass is 9.90. The predicted molar refractivity (Wildman–Crippen MR) is 126 cm³/mol. The molecule has 0 saturated heterocycles. The van der Waals surface area contributed by atoms with Crippen LogP contribution in [-0.4, -0.2) is 15.1 Å². The van der Waals surface area contributed by atoms with Crippen LogP contribution in [0.5, 0.6) is 5.75 Å². The molecule has 0 bridgehead atoms. The highest BCUT2D eigenvalue weighted by Gasteiger charge is 2.22. The van der Waals surface area contributed by atoms with E-state index in [9.17, 15) is 14.1 Å². The molecule has 0 saturated carbocycles. The number of aromatic hydroxyl groups is 1. The summed E-state index contributed by atoms with van der Waals surface area (Å²) in [6, 6.07) is 13.2. The number of hydrogen-bond acceptors (Lipinski definition) is 4. The molecule has 0 radical (unpaired) electrons. The van der Waals surface area contributed by atoms with Gasteiger partial charge in [-0.15, -0.1) is 0 Å². The molecule has 2 aromatic carbocycles. The summed E-state index contributed by atoms with van der Waals surface area (Å²) >= 11 is 0. The highest BCUT2D eigenvalue weighted by molar-refractivity contribution is 7.85. The standard InChI is InChI=1S/C26H30O4S/c1-6-19-12-17(4)13-20(7-2)24(19)25-22(27)14-23(30-26(25)28)18(5)15-31(29)21-10-8-16(3)9-11-21/h8-14,18,27H,6-7,15H2,1-5H3. The van der Waals surface area contributed by atoms with Crippen molar-refractivity contribution in [2.24, 2.45) is 0 Å². The van der Waals surface area contributed by atoms with Gasteiger partial charge in [0.1, 0.15) is 17.1 Å². The van der Waals surface area contributed by atoms with E-state index in [0.717, 1.165) is 45.6 Å². The van der Waals surface area contributed by atoms with Crippen LogP contribution in [-0.2, 0) is 23.6 Å². The molecule has 0 amide bonds. The Morgan fingerprint density at radius 3 is 2.03 bits per heavy atom. The number of benzene rings is 2. The Labute approximate surface area is 186 Å². The molecule has 0 spiro atoms. The average Bonchev–Trinajstić information content (AvgIpc) is 2.73. The minimum atomic E-state index is -1.23.